The summed E-state index contributed by atoms with van der Waals surface area (Å²) in [7, 11) is 0. The number of rotatable bonds is 3. The monoisotopic (exact) mass is 164 g/mol. The predicted octanol–water partition coefficient (Wildman–Crippen LogP) is 2.72. The minimum Gasteiger partial charge on any atom is -0.175 e. The molecule has 0 radical (unpaired) electrons. The number of hydrogen-bond acceptors (Lipinski definition) is 1. The molecular formula is C10H12S. The minimum absolute atomic E-state index is 0.826. The standard InChI is InChI=1S/C10H12S/c11-9-5-4-8-10-6-2-1-3-7-10/h1-7,11H,8-9H2. The van der Waals surface area contributed by atoms with Crippen molar-refractivity contribution in [3.8, 4) is 0 Å². The molecule has 11 heavy (non-hydrogen) atoms. The van der Waals surface area contributed by atoms with Crippen molar-refractivity contribution in [1.82, 2.24) is 0 Å². The third kappa shape index (κ3) is 3.28. The predicted molar refractivity (Wildman–Crippen MR) is 53.1 cm³/mol. The maximum atomic E-state index is 4.08. The first-order chi connectivity index (χ1) is 5.43. The molecule has 0 aliphatic heterocycles. The van der Waals surface area contributed by atoms with E-state index in [1.165, 1.54) is 5.56 Å². The quantitative estimate of drug-likeness (QED) is 0.515. The summed E-state index contributed by atoms with van der Waals surface area (Å²) in [5, 5.41) is 0. The number of hydrogen-bond donors (Lipinski definition) is 1. The Kier molecular flexibility index (Phi) is 3.84. The first-order valence-electron chi connectivity index (χ1n) is 3.73. The fourth-order valence-electron chi connectivity index (χ4n) is 0.908. The van der Waals surface area contributed by atoms with Crippen LogP contribution in [-0.4, -0.2) is 5.75 Å². The van der Waals surface area contributed by atoms with E-state index in [1.807, 2.05) is 6.07 Å². The third-order valence-corrected chi connectivity index (χ3v) is 1.68. The number of benzene rings is 1. The molecule has 1 aromatic carbocycles. The van der Waals surface area contributed by atoms with Crippen LogP contribution < -0.4 is 0 Å². The van der Waals surface area contributed by atoms with E-state index < -0.39 is 0 Å². The summed E-state index contributed by atoms with van der Waals surface area (Å²) < 4.78 is 0. The molecule has 0 saturated carbocycles. The number of allylic oxidation sites excluding steroid dienone is 1. The smallest absolute Gasteiger partial charge is 0.00826 e. The Morgan fingerprint density at radius 3 is 2.45 bits per heavy atom. The third-order valence-electron chi connectivity index (χ3n) is 1.47. The molecule has 1 heteroatoms. The normalized spacial score (nSPS) is 10.6. The molecule has 0 saturated heterocycles. The Hall–Kier alpha value is -0.690. The highest BCUT2D eigenvalue weighted by molar-refractivity contribution is 7.80. The van der Waals surface area contributed by atoms with Gasteiger partial charge in [0.15, 0.2) is 0 Å². The summed E-state index contributed by atoms with van der Waals surface area (Å²) >= 11 is 4.08. The zero-order chi connectivity index (χ0) is 7.94. The van der Waals surface area contributed by atoms with Gasteiger partial charge in [0.25, 0.3) is 0 Å². The Morgan fingerprint density at radius 1 is 1.09 bits per heavy atom. The lowest BCUT2D eigenvalue weighted by Gasteiger charge is -1.92. The van der Waals surface area contributed by atoms with Crippen molar-refractivity contribution in [2.75, 3.05) is 5.75 Å². The van der Waals surface area contributed by atoms with Crippen LogP contribution in [0.15, 0.2) is 42.5 Å². The van der Waals surface area contributed by atoms with E-state index in [-0.39, 0.29) is 0 Å². The van der Waals surface area contributed by atoms with Gasteiger partial charge in [0, 0.05) is 5.75 Å². The molecule has 0 amide bonds. The summed E-state index contributed by atoms with van der Waals surface area (Å²) in [6.45, 7) is 0. The Balaban J connectivity index is 2.45. The fourth-order valence-corrected chi connectivity index (χ4v) is 1.06. The summed E-state index contributed by atoms with van der Waals surface area (Å²) in [6, 6.07) is 10.4. The van der Waals surface area contributed by atoms with Crippen LogP contribution in [-0.2, 0) is 6.42 Å². The highest BCUT2D eigenvalue weighted by atomic mass is 32.1. The molecule has 0 fully saturated rings. The maximum Gasteiger partial charge on any atom is 0.00826 e. The second kappa shape index (κ2) is 5.03. The van der Waals surface area contributed by atoms with E-state index >= 15 is 0 Å². The van der Waals surface area contributed by atoms with Gasteiger partial charge in [0.05, 0.1) is 0 Å². The molecule has 0 aliphatic rings. The number of thiol groups is 1. The molecule has 0 atom stereocenters. The zero-order valence-electron chi connectivity index (χ0n) is 6.40. The van der Waals surface area contributed by atoms with Gasteiger partial charge in [-0.15, -0.1) is 0 Å². The molecule has 1 aromatic rings. The van der Waals surface area contributed by atoms with Crippen molar-refractivity contribution in [2.24, 2.45) is 0 Å². The average molecular weight is 164 g/mol. The highest BCUT2D eigenvalue weighted by Gasteiger charge is 1.83. The van der Waals surface area contributed by atoms with Crippen molar-refractivity contribution in [3.05, 3.63) is 48.0 Å². The van der Waals surface area contributed by atoms with Crippen LogP contribution in [0.1, 0.15) is 5.56 Å². The van der Waals surface area contributed by atoms with Crippen LogP contribution in [0.25, 0.3) is 0 Å². The van der Waals surface area contributed by atoms with E-state index in [1.54, 1.807) is 0 Å². The topological polar surface area (TPSA) is 0 Å². The van der Waals surface area contributed by atoms with Crippen molar-refractivity contribution >= 4 is 12.6 Å². The SMILES string of the molecule is SCC=CCc1ccccc1. The molecule has 0 unspecified atom stereocenters. The van der Waals surface area contributed by atoms with Gasteiger partial charge in [-0.2, -0.15) is 12.6 Å². The Labute approximate surface area is 73.4 Å². The highest BCUT2D eigenvalue weighted by Crippen LogP contribution is 1.99. The first-order valence-corrected chi connectivity index (χ1v) is 4.36. The summed E-state index contributed by atoms with van der Waals surface area (Å²) in [6.07, 6.45) is 5.22. The molecule has 0 N–H and O–H groups in total. The summed E-state index contributed by atoms with van der Waals surface area (Å²) in [5.74, 6) is 0.826. The molecule has 0 spiro atoms. The van der Waals surface area contributed by atoms with Gasteiger partial charge < -0.3 is 0 Å². The van der Waals surface area contributed by atoms with Gasteiger partial charge >= 0.3 is 0 Å². The maximum absolute atomic E-state index is 4.08. The Bertz CT molecular complexity index is 214. The summed E-state index contributed by atoms with van der Waals surface area (Å²) in [5.41, 5.74) is 1.35. The van der Waals surface area contributed by atoms with Gasteiger partial charge in [-0.3, -0.25) is 0 Å². The van der Waals surface area contributed by atoms with Crippen molar-refractivity contribution < 1.29 is 0 Å². The van der Waals surface area contributed by atoms with Crippen LogP contribution in [0.3, 0.4) is 0 Å². The van der Waals surface area contributed by atoms with Gasteiger partial charge in [-0.25, -0.2) is 0 Å². The van der Waals surface area contributed by atoms with Gasteiger partial charge in [0.1, 0.15) is 0 Å². The molecule has 1 rings (SSSR count). The van der Waals surface area contributed by atoms with E-state index in [0.29, 0.717) is 0 Å². The van der Waals surface area contributed by atoms with Gasteiger partial charge in [0.2, 0.25) is 0 Å². The zero-order valence-corrected chi connectivity index (χ0v) is 7.30. The average Bonchev–Trinajstić information content (AvgIpc) is 2.07. The second-order valence-corrected chi connectivity index (χ2v) is 2.71. The van der Waals surface area contributed by atoms with Crippen molar-refractivity contribution in [1.29, 1.82) is 0 Å². The van der Waals surface area contributed by atoms with Gasteiger partial charge in [-0.1, -0.05) is 42.5 Å². The van der Waals surface area contributed by atoms with E-state index in [4.69, 9.17) is 0 Å². The first kappa shape index (κ1) is 8.41. The van der Waals surface area contributed by atoms with Crippen LogP contribution in [0.5, 0.6) is 0 Å². The molecule has 58 valence electrons. The largest absolute Gasteiger partial charge is 0.175 e. The molecule has 0 aliphatic carbocycles. The molecule has 0 heterocycles. The van der Waals surface area contributed by atoms with E-state index in [0.717, 1.165) is 12.2 Å². The van der Waals surface area contributed by atoms with Crippen LogP contribution in [0.2, 0.25) is 0 Å². The minimum atomic E-state index is 0.826. The van der Waals surface area contributed by atoms with Crippen LogP contribution in [0.4, 0.5) is 0 Å². The second-order valence-electron chi connectivity index (χ2n) is 2.34. The van der Waals surface area contributed by atoms with Crippen LogP contribution >= 0.6 is 12.6 Å². The lowest BCUT2D eigenvalue weighted by atomic mass is 10.1. The Morgan fingerprint density at radius 2 is 1.82 bits per heavy atom. The lowest BCUT2D eigenvalue weighted by Crippen LogP contribution is -1.78. The lowest BCUT2D eigenvalue weighted by molar-refractivity contribution is 1.26. The van der Waals surface area contributed by atoms with E-state index in [2.05, 4.69) is 49.0 Å². The fraction of sp³-hybridized carbons (Fsp3) is 0.200. The van der Waals surface area contributed by atoms with Crippen molar-refractivity contribution in [3.63, 3.8) is 0 Å². The van der Waals surface area contributed by atoms with Crippen LogP contribution in [0, 0.1) is 0 Å². The molecule has 0 aromatic heterocycles. The summed E-state index contributed by atoms with van der Waals surface area (Å²) in [4.78, 5) is 0. The van der Waals surface area contributed by atoms with Gasteiger partial charge in [-0.05, 0) is 12.0 Å². The van der Waals surface area contributed by atoms with E-state index in [9.17, 15) is 0 Å². The molecular weight excluding hydrogens is 152 g/mol. The van der Waals surface area contributed by atoms with Crippen molar-refractivity contribution in [2.45, 2.75) is 6.42 Å². The molecule has 0 bridgehead atoms. The molecule has 0 nitrogen and oxygen atoms in total.